The van der Waals surface area contributed by atoms with E-state index in [0.717, 1.165) is 61.0 Å². The largest absolute Gasteiger partial charge is 0.484 e. The van der Waals surface area contributed by atoms with E-state index in [-0.39, 0.29) is 0 Å². The topological polar surface area (TPSA) is 67.3 Å². The predicted molar refractivity (Wildman–Crippen MR) is 106 cm³/mol. The van der Waals surface area contributed by atoms with Crippen LogP contribution in [0.1, 0.15) is 50.4 Å². The molecule has 138 valence electrons. The number of H-pyrrole nitrogens is 1. The molecule has 0 atom stereocenters. The number of nitrogens with one attached hydrogen (secondary N) is 1. The Morgan fingerprint density at radius 2 is 1.96 bits per heavy atom. The van der Waals surface area contributed by atoms with Crippen molar-refractivity contribution in [2.75, 3.05) is 7.11 Å². The van der Waals surface area contributed by atoms with Gasteiger partial charge < -0.3 is 14.5 Å². The molecule has 5 heteroatoms. The van der Waals surface area contributed by atoms with Crippen LogP contribution < -0.4 is 0 Å². The third kappa shape index (κ3) is 6.67. The number of nitrogens with zero attached hydrogens (tertiary/aromatic N) is 2. The van der Waals surface area contributed by atoms with Gasteiger partial charge in [-0.05, 0) is 30.0 Å². The van der Waals surface area contributed by atoms with Gasteiger partial charge in [0.2, 0.25) is 0 Å². The number of unbranched alkanes of at least 4 members (excludes halogenated alkanes) is 4. The molecule has 2 rings (SSSR count). The van der Waals surface area contributed by atoms with Crippen molar-refractivity contribution in [3.63, 3.8) is 0 Å². The summed E-state index contributed by atoms with van der Waals surface area (Å²) in [4.78, 5) is 22.3. The molecule has 0 radical (unpaired) electrons. The number of aromatic amines is 1. The lowest BCUT2D eigenvalue weighted by Crippen LogP contribution is -1.90. The van der Waals surface area contributed by atoms with Crippen LogP contribution in [0.3, 0.4) is 0 Å². The summed E-state index contributed by atoms with van der Waals surface area (Å²) in [6.45, 7) is 1.81. The van der Waals surface area contributed by atoms with E-state index >= 15 is 0 Å². The highest BCUT2D eigenvalue weighted by molar-refractivity contribution is 5.74. The third-order valence-electron chi connectivity index (χ3n) is 4.15. The Balaban J connectivity index is 1.85. The Hall–Kier alpha value is -2.69. The normalized spacial score (nSPS) is 11.8. The fraction of sp³-hybridized carbons (Fsp3) is 0.381. The molecular weight excluding hydrogens is 326 g/mol. The first-order valence-electron chi connectivity index (χ1n) is 9.06. The summed E-state index contributed by atoms with van der Waals surface area (Å²) in [6, 6.07) is 8.25. The van der Waals surface area contributed by atoms with Crippen LogP contribution >= 0.6 is 0 Å². The van der Waals surface area contributed by atoms with E-state index in [9.17, 15) is 4.79 Å². The molecule has 1 aromatic carbocycles. The zero-order chi connectivity index (χ0) is 18.6. The Kier molecular flexibility index (Phi) is 8.33. The number of aryl methyl sites for hydroxylation is 1. The third-order valence-corrected chi connectivity index (χ3v) is 4.15. The molecule has 5 nitrogen and oxygen atoms in total. The molecule has 0 aliphatic rings. The number of carbonyl (C=O) groups is 1. The van der Waals surface area contributed by atoms with Crippen LogP contribution in [0.15, 0.2) is 41.7 Å². The van der Waals surface area contributed by atoms with Crippen molar-refractivity contribution in [3.05, 3.63) is 48.1 Å². The van der Waals surface area contributed by atoms with Crippen LogP contribution in [-0.4, -0.2) is 29.3 Å². The molecule has 0 fully saturated rings. The number of ether oxygens (including phenoxy) is 1. The van der Waals surface area contributed by atoms with Crippen molar-refractivity contribution in [2.24, 2.45) is 4.99 Å². The molecule has 0 saturated heterocycles. The first-order valence-corrected chi connectivity index (χ1v) is 9.06. The summed E-state index contributed by atoms with van der Waals surface area (Å²) >= 11 is 0. The highest BCUT2D eigenvalue weighted by Crippen LogP contribution is 2.19. The summed E-state index contributed by atoms with van der Waals surface area (Å²) in [5.41, 5.74) is 3.23. The molecule has 0 aliphatic heterocycles. The van der Waals surface area contributed by atoms with Crippen LogP contribution in [0.4, 0.5) is 0 Å². The second-order valence-corrected chi connectivity index (χ2v) is 6.15. The van der Waals surface area contributed by atoms with Crippen molar-refractivity contribution < 1.29 is 9.53 Å². The van der Waals surface area contributed by atoms with Crippen molar-refractivity contribution in [1.29, 1.82) is 0 Å². The van der Waals surface area contributed by atoms with Gasteiger partial charge in [-0.25, -0.2) is 9.98 Å². The van der Waals surface area contributed by atoms with Gasteiger partial charge in [0.15, 0.2) is 5.90 Å². The summed E-state index contributed by atoms with van der Waals surface area (Å²) < 4.78 is 4.99. The second-order valence-electron chi connectivity index (χ2n) is 6.15. The lowest BCUT2D eigenvalue weighted by Gasteiger charge is -2.00. The van der Waals surface area contributed by atoms with E-state index in [1.54, 1.807) is 13.3 Å². The summed E-state index contributed by atoms with van der Waals surface area (Å²) in [6.07, 6.45) is 12.5. The number of hydrogen-bond donors (Lipinski definition) is 1. The van der Waals surface area contributed by atoms with Crippen molar-refractivity contribution in [1.82, 2.24) is 9.97 Å². The molecule has 0 saturated carbocycles. The van der Waals surface area contributed by atoms with Crippen LogP contribution in [0.5, 0.6) is 0 Å². The Morgan fingerprint density at radius 1 is 1.19 bits per heavy atom. The average molecular weight is 353 g/mol. The standard InChI is InChI=1S/C21H27N3O2/c1-17(26-2)22-14-13-18-9-11-19(12-10-18)20-16-23-21(24-20)8-6-4-3-5-7-15-25/h9-16H,3-8H2,1-2H3,(H,23,24)/b14-13-,22-17+. The van der Waals surface area contributed by atoms with Gasteiger partial charge in [0.25, 0.3) is 0 Å². The van der Waals surface area contributed by atoms with E-state index < -0.39 is 0 Å². The fourth-order valence-corrected chi connectivity index (χ4v) is 2.56. The van der Waals surface area contributed by atoms with Gasteiger partial charge in [-0.15, -0.1) is 0 Å². The van der Waals surface area contributed by atoms with Crippen LogP contribution in [0, 0.1) is 0 Å². The molecule has 1 aromatic heterocycles. The smallest absolute Gasteiger partial charge is 0.184 e. The Morgan fingerprint density at radius 3 is 2.69 bits per heavy atom. The van der Waals surface area contributed by atoms with Gasteiger partial charge in [0.1, 0.15) is 12.1 Å². The van der Waals surface area contributed by atoms with E-state index in [2.05, 4.69) is 39.2 Å². The molecular formula is C21H27N3O2. The summed E-state index contributed by atoms with van der Waals surface area (Å²) in [7, 11) is 1.61. The average Bonchev–Trinajstić information content (AvgIpc) is 3.14. The van der Waals surface area contributed by atoms with E-state index in [1.165, 1.54) is 0 Å². The number of aldehydes is 1. The molecule has 2 aromatic rings. The number of imidazole rings is 1. The number of aliphatic imine (C=N–C) groups is 1. The Bertz CT molecular complexity index is 730. The van der Waals surface area contributed by atoms with Gasteiger partial charge in [-0.2, -0.15) is 0 Å². The molecule has 1 heterocycles. The monoisotopic (exact) mass is 353 g/mol. The van der Waals surface area contributed by atoms with Crippen molar-refractivity contribution >= 4 is 18.3 Å². The van der Waals surface area contributed by atoms with Gasteiger partial charge in [0, 0.05) is 26.0 Å². The van der Waals surface area contributed by atoms with E-state index in [4.69, 9.17) is 4.74 Å². The first-order chi connectivity index (χ1) is 12.7. The molecule has 1 N–H and O–H groups in total. The predicted octanol–water partition coefficient (Wildman–Crippen LogP) is 4.80. The maximum absolute atomic E-state index is 10.3. The summed E-state index contributed by atoms with van der Waals surface area (Å²) in [5, 5.41) is 0. The van der Waals surface area contributed by atoms with Crippen molar-refractivity contribution in [2.45, 2.75) is 45.4 Å². The lowest BCUT2D eigenvalue weighted by atomic mass is 10.1. The van der Waals surface area contributed by atoms with Gasteiger partial charge in [0.05, 0.1) is 19.0 Å². The highest BCUT2D eigenvalue weighted by atomic mass is 16.5. The van der Waals surface area contributed by atoms with Crippen LogP contribution in [0.25, 0.3) is 17.3 Å². The summed E-state index contributed by atoms with van der Waals surface area (Å²) in [5.74, 6) is 1.65. The van der Waals surface area contributed by atoms with E-state index in [0.29, 0.717) is 12.3 Å². The lowest BCUT2D eigenvalue weighted by molar-refractivity contribution is -0.107. The number of carbonyl (C=O) groups excluding carboxylic acids is 1. The van der Waals surface area contributed by atoms with Crippen LogP contribution in [-0.2, 0) is 16.0 Å². The molecule has 0 bridgehead atoms. The molecule has 0 aliphatic carbocycles. The maximum atomic E-state index is 10.3. The zero-order valence-corrected chi connectivity index (χ0v) is 15.6. The number of aromatic nitrogens is 2. The first kappa shape index (κ1) is 19.6. The number of rotatable bonds is 10. The van der Waals surface area contributed by atoms with Gasteiger partial charge in [-0.3, -0.25) is 0 Å². The molecule has 0 spiro atoms. The number of benzene rings is 1. The van der Waals surface area contributed by atoms with Crippen LogP contribution in [0.2, 0.25) is 0 Å². The molecule has 0 unspecified atom stereocenters. The molecule has 0 amide bonds. The fourth-order valence-electron chi connectivity index (χ4n) is 2.56. The molecule has 26 heavy (non-hydrogen) atoms. The maximum Gasteiger partial charge on any atom is 0.184 e. The number of methoxy groups -OCH3 is 1. The van der Waals surface area contributed by atoms with Crippen molar-refractivity contribution in [3.8, 4) is 11.3 Å². The van der Waals surface area contributed by atoms with E-state index in [1.807, 2.05) is 19.2 Å². The minimum absolute atomic E-state index is 0.631. The highest BCUT2D eigenvalue weighted by Gasteiger charge is 2.03. The minimum atomic E-state index is 0.631. The quantitative estimate of drug-likeness (QED) is 0.289. The van der Waals surface area contributed by atoms with Gasteiger partial charge in [-0.1, -0.05) is 37.1 Å². The number of hydrogen-bond acceptors (Lipinski definition) is 4. The Labute approximate surface area is 155 Å². The SMILES string of the molecule is CO/C(C)=N/C=C\c1ccc(-c2cnc(CCCCCCC=O)[nH]2)cc1. The zero-order valence-electron chi connectivity index (χ0n) is 15.6. The second kappa shape index (κ2) is 11.0. The van der Waals surface area contributed by atoms with Gasteiger partial charge >= 0.3 is 0 Å². The minimum Gasteiger partial charge on any atom is -0.484 e.